The molecule has 0 saturated carbocycles. The molecule has 2 saturated heterocycles. The van der Waals surface area contributed by atoms with E-state index in [-0.39, 0.29) is 23.9 Å². The number of morpholine rings is 1. The van der Waals surface area contributed by atoms with Gasteiger partial charge >= 0.3 is 5.97 Å². The third-order valence-corrected chi connectivity index (χ3v) is 5.93. The third-order valence-electron chi connectivity index (χ3n) is 4.05. The molecule has 7 heteroatoms. The van der Waals surface area contributed by atoms with Gasteiger partial charge in [-0.2, -0.15) is 0 Å². The van der Waals surface area contributed by atoms with Crippen LogP contribution in [0.3, 0.4) is 0 Å². The summed E-state index contributed by atoms with van der Waals surface area (Å²) in [5.41, 5.74) is -0.604. The Hall–Kier alpha value is -0.660. The summed E-state index contributed by atoms with van der Waals surface area (Å²) in [4.78, 5) is 14.0. The molecular weight excluding hydrogens is 282 g/mol. The molecule has 0 bridgehead atoms. The number of carbonyl (C=O) groups excluding carboxylic acids is 1. The number of hydrogen-bond acceptors (Lipinski definition) is 6. The summed E-state index contributed by atoms with van der Waals surface area (Å²) >= 11 is 0. The lowest BCUT2D eigenvalue weighted by molar-refractivity contribution is -0.147. The number of esters is 1. The van der Waals surface area contributed by atoms with Crippen molar-refractivity contribution in [3.63, 3.8) is 0 Å². The highest BCUT2D eigenvalue weighted by molar-refractivity contribution is 7.91. The van der Waals surface area contributed by atoms with Gasteiger partial charge < -0.3 is 9.47 Å². The van der Waals surface area contributed by atoms with Gasteiger partial charge in [-0.15, -0.1) is 0 Å². The zero-order valence-electron chi connectivity index (χ0n) is 12.0. The van der Waals surface area contributed by atoms with Crippen LogP contribution >= 0.6 is 0 Å². The summed E-state index contributed by atoms with van der Waals surface area (Å²) < 4.78 is 34.4. The second-order valence-corrected chi connectivity index (χ2v) is 7.69. The molecule has 0 aliphatic carbocycles. The summed E-state index contributed by atoms with van der Waals surface area (Å²) in [6.07, 6.45) is 1.49. The van der Waals surface area contributed by atoms with E-state index in [9.17, 15) is 13.2 Å². The monoisotopic (exact) mass is 305 g/mol. The lowest BCUT2D eigenvalue weighted by Gasteiger charge is -2.47. The molecule has 116 valence electrons. The van der Waals surface area contributed by atoms with Crippen LogP contribution < -0.4 is 0 Å². The minimum absolute atomic E-state index is 0.0544. The second kappa shape index (κ2) is 6.41. The molecule has 0 N–H and O–H groups in total. The van der Waals surface area contributed by atoms with Crippen molar-refractivity contribution in [2.45, 2.75) is 31.7 Å². The van der Waals surface area contributed by atoms with E-state index in [0.29, 0.717) is 39.3 Å². The predicted molar refractivity (Wildman–Crippen MR) is 74.3 cm³/mol. The molecule has 2 heterocycles. The van der Waals surface area contributed by atoms with Crippen LogP contribution in [0.25, 0.3) is 0 Å². The van der Waals surface area contributed by atoms with Crippen molar-refractivity contribution in [2.24, 2.45) is 0 Å². The Morgan fingerprint density at radius 1 is 1.35 bits per heavy atom. The Morgan fingerprint density at radius 2 is 2.05 bits per heavy atom. The van der Waals surface area contributed by atoms with Gasteiger partial charge in [0.15, 0.2) is 9.84 Å². The van der Waals surface area contributed by atoms with E-state index in [2.05, 4.69) is 4.90 Å². The van der Waals surface area contributed by atoms with E-state index >= 15 is 0 Å². The lowest BCUT2D eigenvalue weighted by atomic mass is 9.89. The molecule has 1 atom stereocenters. The molecule has 2 aliphatic heterocycles. The zero-order valence-corrected chi connectivity index (χ0v) is 12.8. The van der Waals surface area contributed by atoms with E-state index in [1.165, 1.54) is 0 Å². The summed E-state index contributed by atoms with van der Waals surface area (Å²) in [6, 6.07) is 0. The topological polar surface area (TPSA) is 72.9 Å². The van der Waals surface area contributed by atoms with Crippen LogP contribution in [-0.2, 0) is 24.1 Å². The van der Waals surface area contributed by atoms with Crippen molar-refractivity contribution in [2.75, 3.05) is 44.4 Å². The van der Waals surface area contributed by atoms with Gasteiger partial charge in [0, 0.05) is 18.6 Å². The quantitative estimate of drug-likeness (QED) is 0.692. The largest absolute Gasteiger partial charge is 0.466 e. The van der Waals surface area contributed by atoms with Gasteiger partial charge in [0.25, 0.3) is 0 Å². The van der Waals surface area contributed by atoms with E-state index in [1.807, 2.05) is 0 Å². The molecule has 2 aliphatic rings. The molecular formula is C13H23NO5S. The van der Waals surface area contributed by atoms with Gasteiger partial charge in [-0.3, -0.25) is 9.69 Å². The highest BCUT2D eigenvalue weighted by Gasteiger charge is 2.45. The second-order valence-electron chi connectivity index (χ2n) is 5.50. The molecule has 0 aromatic heterocycles. The predicted octanol–water partition coefficient (Wildman–Crippen LogP) is 0.219. The first-order valence-corrected chi connectivity index (χ1v) is 8.98. The first-order valence-electron chi connectivity index (χ1n) is 7.16. The number of sulfone groups is 1. The number of hydrogen-bond donors (Lipinski definition) is 0. The van der Waals surface area contributed by atoms with Crippen LogP contribution in [0.2, 0.25) is 0 Å². The maximum Gasteiger partial charge on any atom is 0.307 e. The fraction of sp³-hybridized carbons (Fsp3) is 0.923. The molecule has 0 amide bonds. The van der Waals surface area contributed by atoms with Gasteiger partial charge in [0.1, 0.15) is 0 Å². The standard InChI is InChI=1S/C13H23NO5S/c1-2-19-12(15)10-13(14-5-7-18-8-6-14)4-3-9-20(16,17)11-13/h2-11H2,1H3. The lowest BCUT2D eigenvalue weighted by Crippen LogP contribution is -2.60. The summed E-state index contributed by atoms with van der Waals surface area (Å²) in [6.45, 7) is 4.61. The molecule has 0 radical (unpaired) electrons. The van der Waals surface area contributed by atoms with Gasteiger partial charge in [0.05, 0.1) is 37.7 Å². The minimum atomic E-state index is -3.09. The molecule has 2 fully saturated rings. The smallest absolute Gasteiger partial charge is 0.307 e. The Labute approximate surface area is 120 Å². The van der Waals surface area contributed by atoms with Gasteiger partial charge in [-0.05, 0) is 19.8 Å². The molecule has 6 nitrogen and oxygen atoms in total. The SMILES string of the molecule is CCOC(=O)CC1(N2CCOCC2)CCCS(=O)(=O)C1. The number of ether oxygens (including phenoxy) is 2. The van der Waals surface area contributed by atoms with E-state index in [4.69, 9.17) is 9.47 Å². The summed E-state index contributed by atoms with van der Waals surface area (Å²) in [5.74, 6) is -0.0307. The average molecular weight is 305 g/mol. The maximum absolute atomic E-state index is 12.0. The van der Waals surface area contributed by atoms with Crippen molar-refractivity contribution in [3.8, 4) is 0 Å². The van der Waals surface area contributed by atoms with Gasteiger partial charge in [0.2, 0.25) is 0 Å². The van der Waals surface area contributed by atoms with E-state index in [0.717, 1.165) is 6.42 Å². The average Bonchev–Trinajstić information content (AvgIpc) is 2.38. The van der Waals surface area contributed by atoms with Crippen LogP contribution in [0.5, 0.6) is 0 Å². The fourth-order valence-corrected chi connectivity index (χ4v) is 5.17. The number of carbonyl (C=O) groups is 1. The Bertz CT molecular complexity index is 444. The van der Waals surface area contributed by atoms with E-state index in [1.54, 1.807) is 6.92 Å². The molecule has 0 aromatic rings. The molecule has 0 spiro atoms. The molecule has 2 rings (SSSR count). The first-order chi connectivity index (χ1) is 9.47. The highest BCUT2D eigenvalue weighted by atomic mass is 32.2. The zero-order chi connectivity index (χ0) is 14.6. The molecule has 20 heavy (non-hydrogen) atoms. The van der Waals surface area contributed by atoms with Gasteiger partial charge in [-0.25, -0.2) is 8.42 Å². The van der Waals surface area contributed by atoms with Crippen molar-refractivity contribution < 1.29 is 22.7 Å². The van der Waals surface area contributed by atoms with Crippen molar-refractivity contribution in [1.82, 2.24) is 4.90 Å². The van der Waals surface area contributed by atoms with Crippen LogP contribution in [0.4, 0.5) is 0 Å². The molecule has 0 aromatic carbocycles. The van der Waals surface area contributed by atoms with Crippen LogP contribution in [0.15, 0.2) is 0 Å². The Kier molecular flexibility index (Phi) is 5.04. The van der Waals surface area contributed by atoms with Gasteiger partial charge in [-0.1, -0.05) is 0 Å². The highest BCUT2D eigenvalue weighted by Crippen LogP contribution is 2.33. The van der Waals surface area contributed by atoms with Crippen LogP contribution in [0.1, 0.15) is 26.2 Å². The Morgan fingerprint density at radius 3 is 2.65 bits per heavy atom. The number of nitrogens with zero attached hydrogens (tertiary/aromatic N) is 1. The first kappa shape index (κ1) is 15.7. The van der Waals surface area contributed by atoms with Crippen molar-refractivity contribution in [3.05, 3.63) is 0 Å². The third kappa shape index (κ3) is 3.71. The summed E-state index contributed by atoms with van der Waals surface area (Å²) in [7, 11) is -3.09. The van der Waals surface area contributed by atoms with Crippen LogP contribution in [-0.4, -0.2) is 69.2 Å². The fourth-order valence-electron chi connectivity index (χ4n) is 3.19. The normalized spacial score (nSPS) is 30.9. The van der Waals surface area contributed by atoms with Crippen LogP contribution in [0, 0.1) is 0 Å². The number of rotatable bonds is 4. The molecule has 1 unspecified atom stereocenters. The summed E-state index contributed by atoms with van der Waals surface area (Å²) in [5, 5.41) is 0. The maximum atomic E-state index is 12.0. The Balaban J connectivity index is 2.19. The van der Waals surface area contributed by atoms with Crippen molar-refractivity contribution in [1.29, 1.82) is 0 Å². The minimum Gasteiger partial charge on any atom is -0.466 e. The van der Waals surface area contributed by atoms with Crippen molar-refractivity contribution >= 4 is 15.8 Å². The van der Waals surface area contributed by atoms with E-state index < -0.39 is 15.4 Å².